The van der Waals surface area contributed by atoms with Gasteiger partial charge in [0.05, 0.1) is 0 Å². The standard InChI is InChI=1S/C22H26N2O3/c1-14(2)20-11-10-19(12-15(20)3)27-13-21(25)23-17-6-4-16(5-7-17)22(26)24-18-8-9-18/h4-7,10-12,14,18H,8-9,13H2,1-3H3,(H,23,25)(H,24,26). The Balaban J connectivity index is 1.50. The summed E-state index contributed by atoms with van der Waals surface area (Å²) in [6.07, 6.45) is 2.11. The third-order valence-corrected chi connectivity index (χ3v) is 4.58. The van der Waals surface area contributed by atoms with E-state index < -0.39 is 0 Å². The van der Waals surface area contributed by atoms with Crippen LogP contribution >= 0.6 is 0 Å². The van der Waals surface area contributed by atoms with Crippen LogP contribution in [0.1, 0.15) is 54.1 Å². The van der Waals surface area contributed by atoms with Crippen LogP contribution in [0.3, 0.4) is 0 Å². The van der Waals surface area contributed by atoms with Gasteiger partial charge in [-0.05, 0) is 73.2 Å². The maximum Gasteiger partial charge on any atom is 0.262 e. The molecule has 0 heterocycles. The number of carbonyl (C=O) groups excluding carboxylic acids is 2. The van der Waals surface area contributed by atoms with Crippen molar-refractivity contribution in [2.75, 3.05) is 11.9 Å². The molecule has 1 fully saturated rings. The van der Waals surface area contributed by atoms with Crippen molar-refractivity contribution in [3.8, 4) is 5.75 Å². The van der Waals surface area contributed by atoms with Crippen molar-refractivity contribution in [3.63, 3.8) is 0 Å². The van der Waals surface area contributed by atoms with E-state index >= 15 is 0 Å². The summed E-state index contributed by atoms with van der Waals surface area (Å²) in [5.41, 5.74) is 3.66. The Morgan fingerprint density at radius 1 is 1.11 bits per heavy atom. The number of hydrogen-bond donors (Lipinski definition) is 2. The highest BCUT2D eigenvalue weighted by Gasteiger charge is 2.23. The van der Waals surface area contributed by atoms with Gasteiger partial charge < -0.3 is 15.4 Å². The number of rotatable bonds is 7. The molecule has 0 bridgehead atoms. The minimum atomic E-state index is -0.240. The molecular formula is C22H26N2O3. The highest BCUT2D eigenvalue weighted by molar-refractivity contribution is 5.96. The predicted octanol–water partition coefficient (Wildman–Crippen LogP) is 4.03. The summed E-state index contributed by atoms with van der Waals surface area (Å²) < 4.78 is 5.59. The van der Waals surface area contributed by atoms with E-state index in [2.05, 4.69) is 24.5 Å². The highest BCUT2D eigenvalue weighted by atomic mass is 16.5. The first-order chi connectivity index (χ1) is 12.9. The molecule has 3 rings (SSSR count). The Morgan fingerprint density at radius 3 is 2.41 bits per heavy atom. The fourth-order valence-corrected chi connectivity index (χ4v) is 2.93. The van der Waals surface area contributed by atoms with Crippen LogP contribution in [0, 0.1) is 6.92 Å². The number of carbonyl (C=O) groups is 2. The topological polar surface area (TPSA) is 67.4 Å². The monoisotopic (exact) mass is 366 g/mol. The quantitative estimate of drug-likeness (QED) is 0.777. The van der Waals surface area contributed by atoms with Gasteiger partial charge in [-0.25, -0.2) is 0 Å². The van der Waals surface area contributed by atoms with Crippen LogP contribution in [-0.2, 0) is 4.79 Å². The molecule has 2 aromatic rings. The van der Waals surface area contributed by atoms with Crippen molar-refractivity contribution in [2.45, 2.75) is 45.6 Å². The average Bonchev–Trinajstić information content (AvgIpc) is 3.44. The summed E-state index contributed by atoms with van der Waals surface area (Å²) in [7, 11) is 0. The molecule has 2 aromatic carbocycles. The number of nitrogens with one attached hydrogen (secondary N) is 2. The molecule has 0 radical (unpaired) electrons. The zero-order valence-corrected chi connectivity index (χ0v) is 16.0. The molecule has 2 N–H and O–H groups in total. The van der Waals surface area contributed by atoms with Crippen LogP contribution in [0.15, 0.2) is 42.5 Å². The van der Waals surface area contributed by atoms with Gasteiger partial charge in [-0.2, -0.15) is 0 Å². The third kappa shape index (κ3) is 5.33. The van der Waals surface area contributed by atoms with Crippen molar-refractivity contribution in [3.05, 3.63) is 59.2 Å². The van der Waals surface area contributed by atoms with Gasteiger partial charge in [-0.3, -0.25) is 9.59 Å². The molecule has 27 heavy (non-hydrogen) atoms. The lowest BCUT2D eigenvalue weighted by Gasteiger charge is -2.12. The average molecular weight is 366 g/mol. The van der Waals surface area contributed by atoms with Crippen molar-refractivity contribution in [2.24, 2.45) is 0 Å². The van der Waals surface area contributed by atoms with E-state index in [1.54, 1.807) is 24.3 Å². The number of amides is 2. The van der Waals surface area contributed by atoms with Gasteiger partial charge in [0, 0.05) is 17.3 Å². The van der Waals surface area contributed by atoms with Gasteiger partial charge in [0.25, 0.3) is 11.8 Å². The molecule has 5 heteroatoms. The number of aryl methyl sites for hydroxylation is 1. The van der Waals surface area contributed by atoms with Gasteiger partial charge in [0.1, 0.15) is 5.75 Å². The fourth-order valence-electron chi connectivity index (χ4n) is 2.93. The summed E-state index contributed by atoms with van der Waals surface area (Å²) in [6, 6.07) is 13.1. The van der Waals surface area contributed by atoms with E-state index in [0.717, 1.165) is 18.4 Å². The van der Waals surface area contributed by atoms with E-state index in [1.807, 2.05) is 25.1 Å². The molecule has 0 unspecified atom stereocenters. The lowest BCUT2D eigenvalue weighted by molar-refractivity contribution is -0.118. The van der Waals surface area contributed by atoms with Gasteiger partial charge >= 0.3 is 0 Å². The Hall–Kier alpha value is -2.82. The van der Waals surface area contributed by atoms with E-state index in [4.69, 9.17) is 4.74 Å². The SMILES string of the molecule is Cc1cc(OCC(=O)Nc2ccc(C(=O)NC3CC3)cc2)ccc1C(C)C. The first-order valence-electron chi connectivity index (χ1n) is 9.36. The maximum absolute atomic E-state index is 12.1. The molecule has 1 aliphatic carbocycles. The van der Waals surface area contributed by atoms with Gasteiger partial charge in [0.2, 0.25) is 0 Å². The highest BCUT2D eigenvalue weighted by Crippen LogP contribution is 2.23. The zero-order valence-electron chi connectivity index (χ0n) is 16.0. The van der Waals surface area contributed by atoms with E-state index in [0.29, 0.717) is 29.0 Å². The van der Waals surface area contributed by atoms with Crippen LogP contribution in [0.25, 0.3) is 0 Å². The zero-order chi connectivity index (χ0) is 19.4. The first-order valence-corrected chi connectivity index (χ1v) is 9.36. The summed E-state index contributed by atoms with van der Waals surface area (Å²) in [5, 5.41) is 5.72. The van der Waals surface area contributed by atoms with Crippen LogP contribution in [0.2, 0.25) is 0 Å². The maximum atomic E-state index is 12.1. The fraction of sp³-hybridized carbons (Fsp3) is 0.364. The van der Waals surface area contributed by atoms with Crippen LogP contribution in [0.5, 0.6) is 5.75 Å². The van der Waals surface area contributed by atoms with Crippen LogP contribution < -0.4 is 15.4 Å². The van der Waals surface area contributed by atoms with E-state index in [9.17, 15) is 9.59 Å². The van der Waals surface area contributed by atoms with Crippen molar-refractivity contribution >= 4 is 17.5 Å². The van der Waals surface area contributed by atoms with Crippen molar-refractivity contribution in [1.82, 2.24) is 5.32 Å². The molecule has 0 aliphatic heterocycles. The summed E-state index contributed by atoms with van der Waals surface area (Å²) in [5.74, 6) is 0.825. The molecular weight excluding hydrogens is 340 g/mol. The van der Waals surface area contributed by atoms with E-state index in [1.165, 1.54) is 5.56 Å². The molecule has 1 aliphatic rings. The van der Waals surface area contributed by atoms with Gasteiger partial charge in [0.15, 0.2) is 6.61 Å². The summed E-state index contributed by atoms with van der Waals surface area (Å²) >= 11 is 0. The largest absolute Gasteiger partial charge is 0.484 e. The normalized spacial score (nSPS) is 13.3. The van der Waals surface area contributed by atoms with Crippen molar-refractivity contribution in [1.29, 1.82) is 0 Å². The second kappa shape index (κ2) is 8.25. The molecule has 5 nitrogen and oxygen atoms in total. The Labute approximate surface area is 160 Å². The van der Waals surface area contributed by atoms with Crippen molar-refractivity contribution < 1.29 is 14.3 Å². The molecule has 0 saturated heterocycles. The number of ether oxygens (including phenoxy) is 1. The summed E-state index contributed by atoms with van der Waals surface area (Å²) in [6.45, 7) is 6.28. The van der Waals surface area contributed by atoms with Crippen LogP contribution in [-0.4, -0.2) is 24.5 Å². The summed E-state index contributed by atoms with van der Waals surface area (Å²) in [4.78, 5) is 24.1. The number of hydrogen-bond acceptors (Lipinski definition) is 3. The molecule has 0 atom stereocenters. The molecule has 1 saturated carbocycles. The molecule has 2 amide bonds. The van der Waals surface area contributed by atoms with Gasteiger partial charge in [-0.1, -0.05) is 19.9 Å². The second-order valence-electron chi connectivity index (χ2n) is 7.34. The van der Waals surface area contributed by atoms with Gasteiger partial charge in [-0.15, -0.1) is 0 Å². The second-order valence-corrected chi connectivity index (χ2v) is 7.34. The molecule has 0 spiro atoms. The Morgan fingerprint density at radius 2 is 1.81 bits per heavy atom. The smallest absolute Gasteiger partial charge is 0.262 e. The number of anilines is 1. The predicted molar refractivity (Wildman–Crippen MR) is 106 cm³/mol. The first kappa shape index (κ1) is 19.0. The number of benzene rings is 2. The Bertz CT molecular complexity index is 824. The lowest BCUT2D eigenvalue weighted by atomic mass is 9.98. The Kier molecular flexibility index (Phi) is 5.79. The minimum absolute atomic E-state index is 0.0651. The van der Waals surface area contributed by atoms with Crippen LogP contribution in [0.4, 0.5) is 5.69 Å². The third-order valence-electron chi connectivity index (χ3n) is 4.58. The molecule has 142 valence electrons. The lowest BCUT2D eigenvalue weighted by Crippen LogP contribution is -2.25. The minimum Gasteiger partial charge on any atom is -0.484 e. The van der Waals surface area contributed by atoms with E-state index in [-0.39, 0.29) is 18.4 Å². The molecule has 0 aromatic heterocycles.